The number of hydrogen-bond acceptors (Lipinski definition) is 0. The van der Waals surface area contributed by atoms with Gasteiger partial charge in [-0.3, -0.25) is 0 Å². The Hall–Kier alpha value is 0. The molecule has 0 heterocycles. The average Bonchev–Trinajstić information content (AvgIpc) is 2.45. The van der Waals surface area contributed by atoms with Gasteiger partial charge in [0.15, 0.2) is 0 Å². The first-order valence-electron chi connectivity index (χ1n) is 10.7. The molecule has 0 spiro atoms. The molecule has 0 aliphatic heterocycles. The van der Waals surface area contributed by atoms with E-state index in [9.17, 15) is 0 Å². The topological polar surface area (TPSA) is 0 Å². The predicted octanol–water partition coefficient (Wildman–Crippen LogP) is 7.82. The van der Waals surface area contributed by atoms with Crippen LogP contribution in [0.3, 0.4) is 0 Å². The average molecular weight is 347 g/mol. The van der Waals surface area contributed by atoms with E-state index in [1.165, 1.54) is 0 Å². The van der Waals surface area contributed by atoms with E-state index >= 15 is 0 Å². The van der Waals surface area contributed by atoms with Gasteiger partial charge < -0.3 is 0 Å². The zero-order valence-electron chi connectivity index (χ0n) is 20.1. The van der Waals surface area contributed by atoms with Crippen LogP contribution in [-0.4, -0.2) is 0 Å². The Balaban J connectivity index is 2.65. The van der Waals surface area contributed by atoms with E-state index in [0.29, 0.717) is 16.7 Å². The lowest BCUT2D eigenvalue weighted by molar-refractivity contribution is -0.495. The molecule has 0 N–H and O–H groups in total. The Bertz CT molecular complexity index is 551. The molecule has 4 rings (SSSR count). The van der Waals surface area contributed by atoms with E-state index in [1.807, 2.05) is 0 Å². The molecule has 0 nitrogen and oxygen atoms in total. The fourth-order valence-electron chi connectivity index (χ4n) is 11.6. The lowest BCUT2D eigenvalue weighted by atomic mass is 9.07. The van der Waals surface area contributed by atoms with Crippen molar-refractivity contribution in [1.29, 1.82) is 0 Å². The van der Waals surface area contributed by atoms with Crippen LogP contribution in [0, 0.1) is 54.7 Å². The van der Waals surface area contributed by atoms with Gasteiger partial charge in [-0.05, 0) is 54.7 Å². The monoisotopic (exact) mass is 346 g/mol. The van der Waals surface area contributed by atoms with Gasteiger partial charge in [0.05, 0.1) is 0 Å². The molecule has 4 saturated carbocycles. The lowest BCUT2D eigenvalue weighted by Crippen LogP contribution is -2.92. The normalized spacial score (nSPS) is 56.0. The molecule has 0 unspecified atom stereocenters. The summed E-state index contributed by atoms with van der Waals surface area (Å²) in [6, 6.07) is 0. The van der Waals surface area contributed by atoms with Crippen LogP contribution < -0.4 is 0 Å². The molecule has 146 valence electrons. The van der Waals surface area contributed by atoms with Crippen molar-refractivity contribution in [2.75, 3.05) is 0 Å². The SMILES string of the molecule is CC1C2(C)C(C)(C)C3(C)C(C)(C)C1(C)C(C)(C)C(C)(C2(C)C)C3(C)C. The number of hydrogen-bond donors (Lipinski definition) is 0. The minimum Gasteiger partial charge on any atom is -0.0614 e. The Kier molecular flexibility index (Phi) is 3.09. The highest BCUT2D eigenvalue weighted by molar-refractivity contribution is 5.40. The molecule has 4 bridgehead atoms. The van der Waals surface area contributed by atoms with Gasteiger partial charge in [-0.15, -0.1) is 0 Å². The third-order valence-corrected chi connectivity index (χ3v) is 14.4. The number of rotatable bonds is 0. The fourth-order valence-corrected chi connectivity index (χ4v) is 11.6. The Morgan fingerprint density at radius 3 is 0.760 bits per heavy atom. The summed E-state index contributed by atoms with van der Waals surface area (Å²) >= 11 is 0. The van der Waals surface area contributed by atoms with Crippen molar-refractivity contribution in [3.05, 3.63) is 0 Å². The molecular weight excluding hydrogens is 300 g/mol. The van der Waals surface area contributed by atoms with E-state index in [-0.39, 0.29) is 37.9 Å². The van der Waals surface area contributed by atoms with Crippen molar-refractivity contribution in [2.24, 2.45) is 54.7 Å². The molecule has 0 aromatic heterocycles. The summed E-state index contributed by atoms with van der Waals surface area (Å²) in [5.74, 6) is 0.687. The van der Waals surface area contributed by atoms with Gasteiger partial charge in [0.2, 0.25) is 0 Å². The zero-order chi connectivity index (χ0) is 20.1. The predicted molar refractivity (Wildman–Crippen MR) is 110 cm³/mol. The van der Waals surface area contributed by atoms with Gasteiger partial charge in [-0.1, -0.05) is 104 Å². The summed E-state index contributed by atoms with van der Waals surface area (Å²) in [4.78, 5) is 0. The van der Waals surface area contributed by atoms with Crippen molar-refractivity contribution in [1.82, 2.24) is 0 Å². The maximum Gasteiger partial charge on any atom is -0.0156 e. The van der Waals surface area contributed by atoms with Gasteiger partial charge in [-0.25, -0.2) is 0 Å². The van der Waals surface area contributed by atoms with Crippen LogP contribution in [0.15, 0.2) is 0 Å². The molecular formula is C25H46. The van der Waals surface area contributed by atoms with E-state index in [4.69, 9.17) is 0 Å². The second-order valence-corrected chi connectivity index (χ2v) is 13.5. The molecule has 0 radical (unpaired) electrons. The fraction of sp³-hybridized carbons (Fsp3) is 1.00. The highest BCUT2D eigenvalue weighted by atomic mass is 15.0. The first-order chi connectivity index (χ1) is 10.7. The van der Waals surface area contributed by atoms with E-state index in [2.05, 4.69) is 104 Å². The highest BCUT2D eigenvalue weighted by Crippen LogP contribution is 2.98. The maximum absolute atomic E-state index is 2.66. The highest BCUT2D eigenvalue weighted by Gasteiger charge is 2.93. The van der Waals surface area contributed by atoms with Crippen molar-refractivity contribution in [2.45, 2.75) is 104 Å². The standard InChI is InChI=1S/C25H46/c1-16-22(12)17(2,3)24(14)19(6,7)23(16,13)20(8,9)25(15,18(22,4)5)21(24,10)11/h16H,1-15H3. The molecule has 4 aliphatic carbocycles. The Labute approximate surface area is 158 Å². The van der Waals surface area contributed by atoms with Crippen LogP contribution in [0.2, 0.25) is 0 Å². The van der Waals surface area contributed by atoms with Crippen molar-refractivity contribution < 1.29 is 0 Å². The molecule has 4 fully saturated rings. The summed E-state index contributed by atoms with van der Waals surface area (Å²) in [6.45, 7) is 39.4. The molecule has 0 atom stereocenters. The second kappa shape index (κ2) is 3.91. The van der Waals surface area contributed by atoms with E-state index < -0.39 is 0 Å². The zero-order valence-corrected chi connectivity index (χ0v) is 20.1. The first kappa shape index (κ1) is 19.8. The van der Waals surface area contributed by atoms with Crippen LogP contribution in [0.25, 0.3) is 0 Å². The minimum atomic E-state index is 0.249. The van der Waals surface area contributed by atoms with Crippen LogP contribution in [0.5, 0.6) is 0 Å². The van der Waals surface area contributed by atoms with Gasteiger partial charge in [0.1, 0.15) is 0 Å². The van der Waals surface area contributed by atoms with Gasteiger partial charge in [0, 0.05) is 0 Å². The molecule has 0 saturated heterocycles. The smallest absolute Gasteiger partial charge is 0.0156 e. The Morgan fingerprint density at radius 1 is 0.360 bits per heavy atom. The van der Waals surface area contributed by atoms with E-state index in [0.717, 1.165) is 0 Å². The largest absolute Gasteiger partial charge is 0.0614 e. The molecule has 0 amide bonds. The second-order valence-electron chi connectivity index (χ2n) is 13.5. The summed E-state index contributed by atoms with van der Waals surface area (Å²) in [5.41, 5.74) is 2.47. The minimum absolute atomic E-state index is 0.249. The first-order valence-corrected chi connectivity index (χ1v) is 10.7. The summed E-state index contributed by atoms with van der Waals surface area (Å²) in [6.07, 6.45) is 0. The van der Waals surface area contributed by atoms with Crippen LogP contribution in [0.1, 0.15) is 104 Å². The maximum atomic E-state index is 2.66. The summed E-state index contributed by atoms with van der Waals surface area (Å²) in [7, 11) is 0. The van der Waals surface area contributed by atoms with Crippen LogP contribution in [-0.2, 0) is 0 Å². The van der Waals surface area contributed by atoms with Gasteiger partial charge in [-0.2, -0.15) is 0 Å². The van der Waals surface area contributed by atoms with Crippen LogP contribution in [0.4, 0.5) is 0 Å². The van der Waals surface area contributed by atoms with E-state index in [1.54, 1.807) is 0 Å². The lowest BCUT2D eigenvalue weighted by Gasteiger charge is -2.96. The van der Waals surface area contributed by atoms with Crippen molar-refractivity contribution >= 4 is 0 Å². The van der Waals surface area contributed by atoms with Crippen molar-refractivity contribution in [3.63, 3.8) is 0 Å². The third-order valence-electron chi connectivity index (χ3n) is 14.4. The quantitative estimate of drug-likeness (QED) is 0.419. The van der Waals surface area contributed by atoms with Gasteiger partial charge >= 0.3 is 0 Å². The molecule has 0 heteroatoms. The molecule has 0 aromatic rings. The summed E-state index contributed by atoms with van der Waals surface area (Å²) in [5, 5.41) is 0. The van der Waals surface area contributed by atoms with Crippen molar-refractivity contribution in [3.8, 4) is 0 Å². The van der Waals surface area contributed by atoms with Gasteiger partial charge in [0.25, 0.3) is 0 Å². The van der Waals surface area contributed by atoms with Crippen LogP contribution >= 0.6 is 0 Å². The molecule has 0 aromatic carbocycles. The summed E-state index contributed by atoms with van der Waals surface area (Å²) < 4.78 is 0. The molecule has 4 aliphatic rings. The molecule has 25 heavy (non-hydrogen) atoms. The Morgan fingerprint density at radius 2 is 0.560 bits per heavy atom. The third kappa shape index (κ3) is 1.12.